The van der Waals surface area contributed by atoms with Gasteiger partial charge >= 0.3 is 0 Å². The van der Waals surface area contributed by atoms with Crippen molar-refractivity contribution >= 4 is 67.0 Å². The van der Waals surface area contributed by atoms with Gasteiger partial charge in [-0.1, -0.05) is 12.1 Å². The fraction of sp³-hybridized carbons (Fsp3) is 0. The average molecular weight is 717 g/mol. The van der Waals surface area contributed by atoms with Gasteiger partial charge in [0.1, 0.15) is 23.7 Å². The lowest BCUT2D eigenvalue weighted by Crippen LogP contribution is -1.77. The number of hydrogen-bond acceptors (Lipinski definition) is 14. The van der Waals surface area contributed by atoms with E-state index in [2.05, 4.69) is 99.7 Å². The molecule has 0 unspecified atom stereocenters. The second-order valence-corrected chi connectivity index (χ2v) is 10.4. The Bertz CT molecular complexity index is 2210. The Balaban J connectivity index is 0.0000001000. The minimum absolute atomic E-state index is 0.664. The minimum Gasteiger partial charge on any atom is -0.345 e. The number of fused-ring (bicyclic) bond motifs is 6. The first-order valence-electron chi connectivity index (χ1n) is 15.9. The molecule has 11 aromatic heterocycles. The van der Waals surface area contributed by atoms with Crippen molar-refractivity contribution in [3.63, 3.8) is 0 Å². The van der Waals surface area contributed by atoms with E-state index in [-0.39, 0.29) is 0 Å². The smallest absolute Gasteiger partial charge is 0.197 e. The van der Waals surface area contributed by atoms with E-state index < -0.39 is 0 Å². The van der Waals surface area contributed by atoms with Gasteiger partial charge in [0.05, 0.1) is 72.4 Å². The number of nitrogens with one attached hydrogen (secondary N) is 6. The molecule has 54 heavy (non-hydrogen) atoms. The predicted octanol–water partition coefficient (Wildman–Crippen LogP) is 4.54. The molecule has 264 valence electrons. The molecule has 12 aromatic rings. The van der Waals surface area contributed by atoms with Crippen LogP contribution in [0.3, 0.4) is 0 Å². The molecule has 6 N–H and O–H groups in total. The number of pyridine rings is 2. The molecule has 0 radical (unpaired) electrons. The van der Waals surface area contributed by atoms with E-state index >= 15 is 0 Å². The Morgan fingerprint density at radius 3 is 1.31 bits per heavy atom. The molecule has 0 saturated carbocycles. The van der Waals surface area contributed by atoms with Crippen LogP contribution in [0.2, 0.25) is 0 Å². The molecule has 0 spiro atoms. The van der Waals surface area contributed by atoms with Crippen LogP contribution in [0.15, 0.2) is 136 Å². The Morgan fingerprint density at radius 1 is 0.315 bits per heavy atom. The van der Waals surface area contributed by atoms with Gasteiger partial charge in [-0.3, -0.25) is 0 Å². The summed E-state index contributed by atoms with van der Waals surface area (Å²) in [5, 5.41) is 0. The second kappa shape index (κ2) is 17.5. The molecule has 0 aliphatic rings. The highest BCUT2D eigenvalue weighted by molar-refractivity contribution is 5.74. The van der Waals surface area contributed by atoms with Crippen LogP contribution in [0.1, 0.15) is 0 Å². The first-order valence-corrected chi connectivity index (χ1v) is 15.9. The molecule has 0 amide bonds. The van der Waals surface area contributed by atoms with E-state index in [1.165, 1.54) is 12.7 Å². The van der Waals surface area contributed by atoms with Crippen LogP contribution in [-0.2, 0) is 0 Å². The summed E-state index contributed by atoms with van der Waals surface area (Å²) in [4.78, 5) is 72.5. The maximum absolute atomic E-state index is 4.06. The largest absolute Gasteiger partial charge is 0.345 e. The van der Waals surface area contributed by atoms with Crippen molar-refractivity contribution in [2.75, 3.05) is 0 Å². The van der Waals surface area contributed by atoms with Gasteiger partial charge in [-0.25, -0.2) is 69.8 Å². The quantitative estimate of drug-likeness (QED) is 0.126. The van der Waals surface area contributed by atoms with Gasteiger partial charge in [-0.15, -0.1) is 0 Å². The van der Waals surface area contributed by atoms with Crippen LogP contribution in [0.5, 0.6) is 0 Å². The van der Waals surface area contributed by atoms with Crippen molar-refractivity contribution in [3.05, 3.63) is 136 Å². The van der Waals surface area contributed by atoms with Crippen LogP contribution in [0.4, 0.5) is 0 Å². The summed E-state index contributed by atoms with van der Waals surface area (Å²) in [5.41, 5.74) is 10.2. The zero-order valence-electron chi connectivity index (χ0n) is 28.0. The van der Waals surface area contributed by atoms with Gasteiger partial charge in [0.25, 0.3) is 0 Å². The van der Waals surface area contributed by atoms with Gasteiger partial charge in [-0.2, -0.15) is 0 Å². The number of nitrogens with zero attached hydrogens (tertiary/aromatic N) is 14. The summed E-state index contributed by atoms with van der Waals surface area (Å²) < 4.78 is 0. The second-order valence-electron chi connectivity index (χ2n) is 10.4. The van der Waals surface area contributed by atoms with Crippen molar-refractivity contribution in [2.24, 2.45) is 0 Å². The van der Waals surface area contributed by atoms with E-state index in [4.69, 9.17) is 0 Å². The van der Waals surface area contributed by atoms with Gasteiger partial charge in [0.2, 0.25) is 0 Å². The lowest BCUT2D eigenvalue weighted by atomic mass is 10.3. The van der Waals surface area contributed by atoms with Crippen LogP contribution >= 0.6 is 0 Å². The Labute approximate surface area is 302 Å². The Kier molecular flexibility index (Phi) is 11.0. The molecule has 0 fully saturated rings. The summed E-state index contributed by atoms with van der Waals surface area (Å²) in [6.45, 7) is 0. The summed E-state index contributed by atoms with van der Waals surface area (Å²) in [6.07, 6.45) is 22.8. The van der Waals surface area contributed by atoms with Crippen molar-refractivity contribution in [2.45, 2.75) is 0 Å². The van der Waals surface area contributed by atoms with Crippen molar-refractivity contribution in [1.82, 2.24) is 99.7 Å². The standard InChI is InChI=1S/C7H6N2.2C6H5N3.3C5H4N4/c1-2-4-7-6(3-1)8-5-9-7;2*1-2-5-6(7-3-1)9-4-8-5;2*1-4-5(8-2-6-1)9-3-7-4;1-2-7-5-4(6-1)8-3-9-5/h1-5H,(H,8,9);2*1-4H,(H,7,8,9);3*1-3H,(H,6,7,8,9). The average Bonchev–Trinajstić information content (AvgIpc) is 4.09. The van der Waals surface area contributed by atoms with Crippen LogP contribution in [-0.4, -0.2) is 99.7 Å². The molecule has 12 rings (SSSR count). The monoisotopic (exact) mass is 716 g/mol. The molecule has 0 atom stereocenters. The number of aromatic amines is 6. The van der Waals surface area contributed by atoms with Crippen LogP contribution in [0.25, 0.3) is 67.0 Å². The summed E-state index contributed by atoms with van der Waals surface area (Å²) in [5.74, 6) is 0. The molecule has 0 bridgehead atoms. The zero-order valence-corrected chi connectivity index (χ0v) is 28.0. The zero-order chi connectivity index (χ0) is 36.6. The van der Waals surface area contributed by atoms with Crippen molar-refractivity contribution < 1.29 is 0 Å². The Morgan fingerprint density at radius 2 is 0.759 bits per heavy atom. The van der Waals surface area contributed by atoms with Crippen LogP contribution < -0.4 is 0 Å². The SMILES string of the molecule is c1ccc2[nH]cnc2c1.c1cnc2[nH]cnc2n1.c1cnc2nc[nH]c2c1.c1cnc2nc[nH]c2c1.c1ncc2[nH]cnc2n1.c1ncc2[nH]cnc2n1. The van der Waals surface area contributed by atoms with E-state index in [9.17, 15) is 0 Å². The summed E-state index contributed by atoms with van der Waals surface area (Å²) in [7, 11) is 0. The third kappa shape index (κ3) is 9.02. The van der Waals surface area contributed by atoms with E-state index in [0.29, 0.717) is 16.9 Å². The number of rotatable bonds is 0. The fourth-order valence-corrected chi connectivity index (χ4v) is 4.49. The van der Waals surface area contributed by atoms with E-state index in [0.717, 1.165) is 50.0 Å². The molecule has 11 heterocycles. The normalized spacial score (nSPS) is 10.2. The molecule has 1 aromatic carbocycles. The predicted molar refractivity (Wildman–Crippen MR) is 199 cm³/mol. The fourth-order valence-electron chi connectivity index (χ4n) is 4.49. The van der Waals surface area contributed by atoms with Gasteiger partial charge in [0, 0.05) is 24.8 Å². The Hall–Kier alpha value is -8.42. The van der Waals surface area contributed by atoms with E-state index in [1.807, 2.05) is 48.5 Å². The first kappa shape index (κ1) is 34.0. The highest BCUT2D eigenvalue weighted by Crippen LogP contribution is 2.06. The maximum atomic E-state index is 4.06. The first-order chi connectivity index (χ1) is 26.8. The molecule has 0 aliphatic heterocycles. The molecular formula is C34H28N20. The van der Waals surface area contributed by atoms with Gasteiger partial charge in [-0.05, 0) is 36.4 Å². The van der Waals surface area contributed by atoms with Crippen LogP contribution in [0, 0.1) is 0 Å². The number of aromatic nitrogens is 20. The number of H-pyrrole nitrogens is 6. The number of benzene rings is 1. The van der Waals surface area contributed by atoms with Gasteiger partial charge in [0.15, 0.2) is 33.9 Å². The molecular weight excluding hydrogens is 689 g/mol. The molecule has 0 aliphatic carbocycles. The highest BCUT2D eigenvalue weighted by atomic mass is 15.0. The lowest BCUT2D eigenvalue weighted by Gasteiger charge is -1.81. The third-order valence-corrected chi connectivity index (χ3v) is 6.98. The molecule has 20 heteroatoms. The van der Waals surface area contributed by atoms with E-state index in [1.54, 1.807) is 75.1 Å². The number of hydrogen-bond donors (Lipinski definition) is 6. The van der Waals surface area contributed by atoms with Crippen molar-refractivity contribution in [1.29, 1.82) is 0 Å². The molecule has 20 nitrogen and oxygen atoms in total. The number of imidazole rings is 6. The number of para-hydroxylation sites is 2. The maximum Gasteiger partial charge on any atom is 0.197 e. The summed E-state index contributed by atoms with van der Waals surface area (Å²) in [6, 6.07) is 15.6. The topological polar surface area (TPSA) is 275 Å². The van der Waals surface area contributed by atoms with Gasteiger partial charge < -0.3 is 29.9 Å². The third-order valence-electron chi connectivity index (χ3n) is 6.98. The van der Waals surface area contributed by atoms with Crippen molar-refractivity contribution in [3.8, 4) is 0 Å². The summed E-state index contributed by atoms with van der Waals surface area (Å²) >= 11 is 0. The molecule has 0 saturated heterocycles. The highest BCUT2D eigenvalue weighted by Gasteiger charge is 1.94. The lowest BCUT2D eigenvalue weighted by molar-refractivity contribution is 1.20. The minimum atomic E-state index is 0.664.